The number of piperidine rings is 1. The van der Waals surface area contributed by atoms with Gasteiger partial charge in [0.2, 0.25) is 0 Å². The molecule has 3 rings (SSSR count). The number of likely N-dealkylation sites (tertiary alicyclic amines) is 1. The van der Waals surface area contributed by atoms with E-state index in [1.165, 1.54) is 54.5 Å². The number of thiophene rings is 1. The molecule has 2 fully saturated rings. The highest BCUT2D eigenvalue weighted by Crippen LogP contribution is 2.37. The van der Waals surface area contributed by atoms with Crippen LogP contribution in [0.25, 0.3) is 0 Å². The molecule has 2 unspecified atom stereocenters. The van der Waals surface area contributed by atoms with Gasteiger partial charge in [-0.3, -0.25) is 4.90 Å². The summed E-state index contributed by atoms with van der Waals surface area (Å²) in [7, 11) is 0. The molecule has 0 bridgehead atoms. The molecule has 1 saturated carbocycles. The first-order valence-corrected chi connectivity index (χ1v) is 8.44. The summed E-state index contributed by atoms with van der Waals surface area (Å²) in [6.07, 6.45) is 7.37. The Balaban J connectivity index is 1.60. The van der Waals surface area contributed by atoms with Crippen molar-refractivity contribution < 1.29 is 0 Å². The van der Waals surface area contributed by atoms with Crippen LogP contribution in [0.2, 0.25) is 0 Å². The van der Waals surface area contributed by atoms with E-state index in [9.17, 15) is 0 Å². The number of hydrogen-bond donors (Lipinski definition) is 0. The Kier molecular flexibility index (Phi) is 3.88. The average Bonchev–Trinajstić information content (AvgIpc) is 2.75. The van der Waals surface area contributed by atoms with Gasteiger partial charge in [0.1, 0.15) is 0 Å². The molecular weight excluding hydrogens is 294 g/mol. The molecule has 3 heteroatoms. The van der Waals surface area contributed by atoms with Crippen molar-refractivity contribution in [2.75, 3.05) is 13.1 Å². The highest BCUT2D eigenvalue weighted by Gasteiger charge is 2.31. The van der Waals surface area contributed by atoms with E-state index < -0.39 is 0 Å². The molecule has 94 valence electrons. The number of fused-ring (bicyclic) bond motifs is 1. The Morgan fingerprint density at radius 2 is 2.06 bits per heavy atom. The summed E-state index contributed by atoms with van der Waals surface area (Å²) >= 11 is 5.53. The number of nitrogens with zero attached hydrogens (tertiary/aromatic N) is 1. The summed E-state index contributed by atoms with van der Waals surface area (Å²) in [6, 6.07) is 2.17. The SMILES string of the molecule is Brc1ccsc1CN1CCC2CCCCC2C1. The van der Waals surface area contributed by atoms with Crippen LogP contribution in [0.4, 0.5) is 0 Å². The molecule has 1 nitrogen and oxygen atoms in total. The van der Waals surface area contributed by atoms with Crippen LogP contribution in [-0.4, -0.2) is 18.0 Å². The highest BCUT2D eigenvalue weighted by molar-refractivity contribution is 9.10. The quantitative estimate of drug-likeness (QED) is 0.775. The van der Waals surface area contributed by atoms with Gasteiger partial charge in [0, 0.05) is 22.4 Å². The molecule has 1 saturated heterocycles. The lowest BCUT2D eigenvalue weighted by molar-refractivity contribution is 0.0826. The van der Waals surface area contributed by atoms with Crippen molar-refractivity contribution in [3.63, 3.8) is 0 Å². The van der Waals surface area contributed by atoms with Gasteiger partial charge in [0.15, 0.2) is 0 Å². The standard InChI is InChI=1S/C14H20BrNS/c15-13-6-8-17-14(13)10-16-7-5-11-3-1-2-4-12(11)9-16/h6,8,11-12H,1-5,7,9-10H2. The first-order valence-electron chi connectivity index (χ1n) is 6.77. The van der Waals surface area contributed by atoms with Crippen LogP contribution in [-0.2, 0) is 6.54 Å². The number of hydrogen-bond acceptors (Lipinski definition) is 2. The van der Waals surface area contributed by atoms with Gasteiger partial charge >= 0.3 is 0 Å². The molecular formula is C14H20BrNS. The normalized spacial score (nSPS) is 30.2. The Hall–Kier alpha value is 0.140. The van der Waals surface area contributed by atoms with E-state index in [4.69, 9.17) is 0 Å². The second-order valence-corrected chi connectivity index (χ2v) is 7.38. The van der Waals surface area contributed by atoms with Crippen molar-refractivity contribution in [1.82, 2.24) is 4.90 Å². The first-order chi connectivity index (χ1) is 8.33. The van der Waals surface area contributed by atoms with Crippen molar-refractivity contribution in [2.24, 2.45) is 11.8 Å². The zero-order valence-electron chi connectivity index (χ0n) is 10.2. The third kappa shape index (κ3) is 2.77. The minimum atomic E-state index is 0.997. The maximum atomic E-state index is 3.65. The molecule has 1 aromatic heterocycles. The second-order valence-electron chi connectivity index (χ2n) is 5.52. The minimum Gasteiger partial charge on any atom is -0.298 e. The lowest BCUT2D eigenvalue weighted by atomic mass is 9.75. The Bertz CT molecular complexity index is 376. The van der Waals surface area contributed by atoms with Gasteiger partial charge in [-0.25, -0.2) is 0 Å². The number of halogens is 1. The summed E-state index contributed by atoms with van der Waals surface area (Å²) < 4.78 is 1.30. The van der Waals surface area contributed by atoms with Gasteiger partial charge in [-0.15, -0.1) is 11.3 Å². The monoisotopic (exact) mass is 313 g/mol. The van der Waals surface area contributed by atoms with E-state index in [1.807, 2.05) is 11.3 Å². The lowest BCUT2D eigenvalue weighted by Gasteiger charge is -2.41. The fraction of sp³-hybridized carbons (Fsp3) is 0.714. The summed E-state index contributed by atoms with van der Waals surface area (Å²) in [5.41, 5.74) is 0. The van der Waals surface area contributed by atoms with Crippen LogP contribution in [0.5, 0.6) is 0 Å². The fourth-order valence-electron chi connectivity index (χ4n) is 3.46. The van der Waals surface area contributed by atoms with Gasteiger partial charge in [-0.05, 0) is 58.6 Å². The maximum absolute atomic E-state index is 3.65. The van der Waals surface area contributed by atoms with Gasteiger partial charge in [0.25, 0.3) is 0 Å². The van der Waals surface area contributed by atoms with Crippen molar-refractivity contribution in [3.8, 4) is 0 Å². The van der Waals surface area contributed by atoms with E-state index in [2.05, 4.69) is 32.3 Å². The predicted molar refractivity (Wildman–Crippen MR) is 77.4 cm³/mol. The summed E-state index contributed by atoms with van der Waals surface area (Å²) in [6.45, 7) is 3.81. The molecule has 1 aliphatic carbocycles. The molecule has 2 heterocycles. The average molecular weight is 314 g/mol. The largest absolute Gasteiger partial charge is 0.298 e. The molecule has 0 spiro atoms. The summed E-state index contributed by atoms with van der Waals surface area (Å²) in [4.78, 5) is 4.17. The molecule has 0 N–H and O–H groups in total. The van der Waals surface area contributed by atoms with Crippen LogP contribution in [0.3, 0.4) is 0 Å². The third-order valence-electron chi connectivity index (χ3n) is 4.43. The van der Waals surface area contributed by atoms with Gasteiger partial charge in [-0.1, -0.05) is 19.3 Å². The first kappa shape index (κ1) is 12.2. The van der Waals surface area contributed by atoms with Crippen molar-refractivity contribution >= 4 is 27.3 Å². The smallest absolute Gasteiger partial charge is 0.0339 e. The molecule has 0 aromatic carbocycles. The van der Waals surface area contributed by atoms with Crippen LogP contribution < -0.4 is 0 Å². The molecule has 0 amide bonds. The fourth-order valence-corrected chi connectivity index (χ4v) is 4.98. The van der Waals surface area contributed by atoms with Gasteiger partial charge in [-0.2, -0.15) is 0 Å². The number of rotatable bonds is 2. The highest BCUT2D eigenvalue weighted by atomic mass is 79.9. The molecule has 2 aliphatic rings. The molecule has 2 atom stereocenters. The van der Waals surface area contributed by atoms with Crippen LogP contribution in [0.1, 0.15) is 37.0 Å². The van der Waals surface area contributed by atoms with E-state index >= 15 is 0 Å². The predicted octanol–water partition coefficient (Wildman–Crippen LogP) is 4.52. The van der Waals surface area contributed by atoms with E-state index in [0.29, 0.717) is 0 Å². The van der Waals surface area contributed by atoms with Crippen LogP contribution >= 0.6 is 27.3 Å². The second kappa shape index (κ2) is 5.41. The van der Waals surface area contributed by atoms with Crippen molar-refractivity contribution in [3.05, 3.63) is 20.8 Å². The Morgan fingerprint density at radius 3 is 2.82 bits per heavy atom. The Labute approximate surface area is 116 Å². The summed E-state index contributed by atoms with van der Waals surface area (Å²) in [5.74, 6) is 2.04. The van der Waals surface area contributed by atoms with Crippen molar-refractivity contribution in [1.29, 1.82) is 0 Å². The van der Waals surface area contributed by atoms with Crippen LogP contribution in [0.15, 0.2) is 15.9 Å². The molecule has 0 radical (unpaired) electrons. The van der Waals surface area contributed by atoms with Gasteiger partial charge < -0.3 is 0 Å². The third-order valence-corrected chi connectivity index (χ3v) is 6.34. The zero-order valence-corrected chi connectivity index (χ0v) is 12.6. The van der Waals surface area contributed by atoms with E-state index in [1.54, 1.807) is 0 Å². The lowest BCUT2D eigenvalue weighted by Crippen LogP contribution is -2.41. The maximum Gasteiger partial charge on any atom is 0.0339 e. The zero-order chi connectivity index (χ0) is 11.7. The molecule has 1 aromatic rings. The minimum absolute atomic E-state index is 0.997. The van der Waals surface area contributed by atoms with E-state index in [0.717, 1.165) is 18.4 Å². The molecule has 1 aliphatic heterocycles. The van der Waals surface area contributed by atoms with Gasteiger partial charge in [0.05, 0.1) is 0 Å². The van der Waals surface area contributed by atoms with Crippen molar-refractivity contribution in [2.45, 2.75) is 38.6 Å². The Morgan fingerprint density at radius 1 is 1.24 bits per heavy atom. The topological polar surface area (TPSA) is 3.24 Å². The van der Waals surface area contributed by atoms with Crippen LogP contribution in [0, 0.1) is 11.8 Å². The van der Waals surface area contributed by atoms with E-state index in [-0.39, 0.29) is 0 Å². The molecule has 17 heavy (non-hydrogen) atoms. The summed E-state index contributed by atoms with van der Waals surface area (Å²) in [5, 5.41) is 2.19.